The predicted octanol–water partition coefficient (Wildman–Crippen LogP) is 4.93. The lowest BCUT2D eigenvalue weighted by molar-refractivity contribution is 0.210. The maximum Gasteiger partial charge on any atom is 0.321 e. The first-order chi connectivity index (χ1) is 11.7. The molecule has 0 amide bonds. The van der Waals surface area contributed by atoms with Gasteiger partial charge in [0.1, 0.15) is 11.6 Å². The highest BCUT2D eigenvalue weighted by Crippen LogP contribution is 2.56. The molecule has 1 unspecified atom stereocenters. The summed E-state index contributed by atoms with van der Waals surface area (Å²) in [5.41, 5.74) is 2.05. The van der Waals surface area contributed by atoms with Crippen molar-refractivity contribution in [1.82, 2.24) is 9.65 Å². The number of para-hydroxylation sites is 1. The van der Waals surface area contributed by atoms with Crippen molar-refractivity contribution >= 4 is 19.4 Å². The fourth-order valence-electron chi connectivity index (χ4n) is 2.91. The highest BCUT2D eigenvalue weighted by molar-refractivity contribution is 7.45. The second kappa shape index (κ2) is 6.48. The first kappa shape index (κ1) is 15.5. The van der Waals surface area contributed by atoms with Crippen LogP contribution in [0, 0.1) is 0 Å². The number of nitrogens with zero attached hydrogens (tertiary/aromatic N) is 2. The molecule has 1 aliphatic rings. The van der Waals surface area contributed by atoms with Crippen molar-refractivity contribution in [3.05, 3.63) is 72.4 Å². The van der Waals surface area contributed by atoms with Crippen LogP contribution in [-0.4, -0.2) is 22.7 Å². The summed E-state index contributed by atoms with van der Waals surface area (Å²) in [6, 6.07) is 20.5. The summed E-state index contributed by atoms with van der Waals surface area (Å²) in [7, 11) is 0.889. The monoisotopic (exact) mass is 338 g/mol. The summed E-state index contributed by atoms with van der Waals surface area (Å²) in [4.78, 5) is 4.46. The van der Waals surface area contributed by atoms with Crippen LogP contribution in [0.3, 0.4) is 0 Å². The molecule has 1 fully saturated rings. The predicted molar refractivity (Wildman–Crippen MR) is 96.8 cm³/mol. The molecule has 1 aromatic heterocycles. The fraction of sp³-hybridized carbons (Fsp3) is 0.211. The molecule has 4 nitrogen and oxygen atoms in total. The number of hydrogen-bond donors (Lipinski definition) is 0. The highest BCUT2D eigenvalue weighted by Gasteiger charge is 2.41. The van der Waals surface area contributed by atoms with E-state index in [9.17, 15) is 0 Å². The topological polar surface area (TPSA) is 34.6 Å². The molecule has 2 heterocycles. The molecule has 0 aliphatic carbocycles. The number of fused-ring (bicyclic) bond motifs is 1. The summed E-state index contributed by atoms with van der Waals surface area (Å²) in [5.74, 6) is 0.770. The minimum atomic E-state index is -1.16. The Kier molecular flexibility index (Phi) is 4.19. The number of aromatic nitrogens is 1. The minimum Gasteiger partial charge on any atom is -0.433 e. The summed E-state index contributed by atoms with van der Waals surface area (Å²) in [5, 5.41) is 1.07. The molecular formula is C19H19N2O2P. The fourth-order valence-corrected chi connectivity index (χ4v) is 4.45. The zero-order chi connectivity index (χ0) is 16.5. The van der Waals surface area contributed by atoms with Gasteiger partial charge in [-0.1, -0.05) is 48.5 Å². The van der Waals surface area contributed by atoms with E-state index in [2.05, 4.69) is 35.8 Å². The van der Waals surface area contributed by atoms with E-state index in [-0.39, 0.29) is 12.1 Å². The van der Waals surface area contributed by atoms with Crippen LogP contribution in [0.1, 0.15) is 18.6 Å². The lowest BCUT2D eigenvalue weighted by atomic mass is 10.0. The van der Waals surface area contributed by atoms with Crippen molar-refractivity contribution in [2.75, 3.05) is 7.05 Å². The van der Waals surface area contributed by atoms with Gasteiger partial charge in [-0.3, -0.25) is 4.98 Å². The molecule has 24 heavy (non-hydrogen) atoms. The Morgan fingerprint density at radius 3 is 2.67 bits per heavy atom. The van der Waals surface area contributed by atoms with E-state index in [1.54, 1.807) is 6.20 Å². The number of benzene rings is 2. The van der Waals surface area contributed by atoms with Crippen molar-refractivity contribution in [2.45, 2.75) is 19.1 Å². The van der Waals surface area contributed by atoms with Crippen LogP contribution in [0.5, 0.6) is 5.75 Å². The molecule has 3 atom stereocenters. The van der Waals surface area contributed by atoms with Crippen LogP contribution < -0.4 is 4.52 Å². The van der Waals surface area contributed by atoms with Crippen molar-refractivity contribution in [3.8, 4) is 5.75 Å². The molecule has 1 saturated heterocycles. The largest absolute Gasteiger partial charge is 0.433 e. The second-order valence-electron chi connectivity index (χ2n) is 5.91. The standard InChI is InChI=1S/C19H19N2O2P/c1-14-19(16-8-4-3-5-9-16)23-24(21(14)2)22-17-12-6-10-15-11-7-13-20-18(15)17/h3-14,19H,1-2H3/t14-,19-,24?/m0/s1. The van der Waals surface area contributed by atoms with Gasteiger partial charge in [0.05, 0.1) is 0 Å². The third-order valence-electron chi connectivity index (χ3n) is 4.39. The summed E-state index contributed by atoms with van der Waals surface area (Å²) < 4.78 is 14.7. The van der Waals surface area contributed by atoms with Gasteiger partial charge in [0.15, 0.2) is 5.75 Å². The van der Waals surface area contributed by atoms with E-state index < -0.39 is 8.53 Å². The average molecular weight is 338 g/mol. The Hall–Kier alpha value is -2.00. The molecular weight excluding hydrogens is 319 g/mol. The van der Waals surface area contributed by atoms with Gasteiger partial charge in [-0.05, 0) is 31.7 Å². The van der Waals surface area contributed by atoms with Crippen LogP contribution in [0.25, 0.3) is 10.9 Å². The van der Waals surface area contributed by atoms with Gasteiger partial charge in [0.2, 0.25) is 0 Å². The lowest BCUT2D eigenvalue weighted by Gasteiger charge is -2.20. The maximum atomic E-state index is 6.27. The molecule has 1 aliphatic heterocycles. The molecule has 0 bridgehead atoms. The maximum absolute atomic E-state index is 6.27. The van der Waals surface area contributed by atoms with E-state index in [4.69, 9.17) is 9.05 Å². The van der Waals surface area contributed by atoms with Crippen molar-refractivity contribution in [2.24, 2.45) is 0 Å². The number of pyridine rings is 1. The Morgan fingerprint density at radius 2 is 1.83 bits per heavy atom. The van der Waals surface area contributed by atoms with E-state index in [1.165, 1.54) is 5.56 Å². The Balaban J connectivity index is 1.61. The summed E-state index contributed by atoms with van der Waals surface area (Å²) >= 11 is 0. The first-order valence-electron chi connectivity index (χ1n) is 8.00. The normalized spacial score (nSPS) is 24.3. The molecule has 5 heteroatoms. The van der Waals surface area contributed by atoms with Gasteiger partial charge in [0.25, 0.3) is 0 Å². The number of likely N-dealkylation sites (N-methyl/N-ethyl adjacent to an activating group) is 1. The van der Waals surface area contributed by atoms with Gasteiger partial charge in [-0.25, -0.2) is 4.67 Å². The van der Waals surface area contributed by atoms with E-state index in [0.29, 0.717) is 0 Å². The molecule has 3 aromatic rings. The molecule has 0 N–H and O–H groups in total. The van der Waals surface area contributed by atoms with Gasteiger partial charge in [-0.15, -0.1) is 0 Å². The van der Waals surface area contributed by atoms with E-state index >= 15 is 0 Å². The smallest absolute Gasteiger partial charge is 0.321 e. The number of hydrogen-bond acceptors (Lipinski definition) is 4. The molecule has 4 rings (SSSR count). The number of rotatable bonds is 3. The van der Waals surface area contributed by atoms with Gasteiger partial charge >= 0.3 is 8.53 Å². The molecule has 0 spiro atoms. The van der Waals surface area contributed by atoms with Crippen molar-refractivity contribution in [3.63, 3.8) is 0 Å². The van der Waals surface area contributed by atoms with Crippen LogP contribution in [0.4, 0.5) is 0 Å². The second-order valence-corrected chi connectivity index (χ2v) is 7.41. The van der Waals surface area contributed by atoms with E-state index in [0.717, 1.165) is 16.7 Å². The minimum absolute atomic E-state index is 0.0187. The van der Waals surface area contributed by atoms with Crippen LogP contribution in [0.15, 0.2) is 66.9 Å². The third kappa shape index (κ3) is 2.78. The van der Waals surface area contributed by atoms with Gasteiger partial charge in [0, 0.05) is 17.6 Å². The highest BCUT2D eigenvalue weighted by atomic mass is 31.2. The van der Waals surface area contributed by atoms with Crippen molar-refractivity contribution in [1.29, 1.82) is 0 Å². The zero-order valence-electron chi connectivity index (χ0n) is 13.7. The van der Waals surface area contributed by atoms with Crippen LogP contribution in [-0.2, 0) is 4.52 Å². The molecule has 2 aromatic carbocycles. The molecule has 0 radical (unpaired) electrons. The Bertz CT molecular complexity index is 838. The summed E-state index contributed by atoms with van der Waals surface area (Å²) in [6.45, 7) is 2.17. The van der Waals surface area contributed by atoms with Crippen molar-refractivity contribution < 1.29 is 9.05 Å². The van der Waals surface area contributed by atoms with Crippen LogP contribution >= 0.6 is 8.53 Å². The quantitative estimate of drug-likeness (QED) is 0.634. The van der Waals surface area contributed by atoms with Gasteiger partial charge < -0.3 is 9.05 Å². The third-order valence-corrected chi connectivity index (χ3v) is 6.03. The Labute approximate surface area is 143 Å². The Morgan fingerprint density at radius 1 is 1.04 bits per heavy atom. The first-order valence-corrected chi connectivity index (χ1v) is 9.13. The van der Waals surface area contributed by atoms with E-state index in [1.807, 2.05) is 48.5 Å². The molecule has 122 valence electrons. The summed E-state index contributed by atoms with van der Waals surface area (Å²) in [6.07, 6.45) is 1.81. The van der Waals surface area contributed by atoms with Gasteiger partial charge in [-0.2, -0.15) is 0 Å². The van der Waals surface area contributed by atoms with Crippen LogP contribution in [0.2, 0.25) is 0 Å². The SMILES string of the molecule is C[C@H]1[C@@H](c2ccccc2)OP(Oc2cccc3cccnc23)N1C. The molecule has 0 saturated carbocycles. The lowest BCUT2D eigenvalue weighted by Crippen LogP contribution is -2.23. The zero-order valence-corrected chi connectivity index (χ0v) is 14.6. The average Bonchev–Trinajstić information content (AvgIpc) is 2.91.